The smallest absolute Gasteiger partial charge is 0.250 e. The van der Waals surface area contributed by atoms with Gasteiger partial charge in [0, 0.05) is 6.08 Å². The normalized spacial score (nSPS) is 11.1. The summed E-state index contributed by atoms with van der Waals surface area (Å²) in [5.41, 5.74) is 2.62. The number of thiocarbonyl (C=S) groups is 1. The molecule has 4 aromatic rings. The van der Waals surface area contributed by atoms with Gasteiger partial charge in [-0.25, -0.2) is 0 Å². The third kappa shape index (κ3) is 4.50. The van der Waals surface area contributed by atoms with Crippen LogP contribution in [0.25, 0.3) is 22.8 Å². The molecule has 2 heterocycles. The third-order valence-electron chi connectivity index (χ3n) is 3.88. The molecule has 2 aromatic carbocycles. The Labute approximate surface area is 176 Å². The molecule has 1 amide bonds. The lowest BCUT2D eigenvalue weighted by Crippen LogP contribution is -2.32. The summed E-state index contributed by atoms with van der Waals surface area (Å²) in [6, 6.07) is 16.4. The lowest BCUT2D eigenvalue weighted by atomic mass is 10.3. The molecule has 0 aliphatic rings. The number of nitrogens with one attached hydrogen (secondary N) is 2. The van der Waals surface area contributed by atoms with Gasteiger partial charge in [-0.15, -0.1) is 10.2 Å². The number of amides is 1. The summed E-state index contributed by atoms with van der Waals surface area (Å²) >= 11 is 11.5. The van der Waals surface area contributed by atoms with Crippen molar-refractivity contribution in [2.45, 2.75) is 0 Å². The van der Waals surface area contributed by atoms with Gasteiger partial charge in [0.25, 0.3) is 0 Å². The second kappa shape index (κ2) is 8.26. The van der Waals surface area contributed by atoms with Gasteiger partial charge >= 0.3 is 0 Å². The Balaban J connectivity index is 1.48. The van der Waals surface area contributed by atoms with Crippen LogP contribution in [0.1, 0.15) is 5.76 Å². The number of nitrogens with zero attached hydrogens (tertiary/aromatic N) is 3. The van der Waals surface area contributed by atoms with E-state index in [4.69, 9.17) is 28.2 Å². The Morgan fingerprint density at radius 2 is 1.86 bits per heavy atom. The van der Waals surface area contributed by atoms with Crippen LogP contribution in [0.3, 0.4) is 0 Å². The number of furan rings is 1. The number of hydrogen-bond acceptors (Lipinski definition) is 5. The largest absolute Gasteiger partial charge is 0.465 e. The SMILES string of the molecule is O=C(/C=C/c1ccco1)NC(=S)Nc1cc2nn(-c3ccccc3)nc2cc1Cl. The van der Waals surface area contributed by atoms with Gasteiger partial charge in [-0.3, -0.25) is 10.1 Å². The molecule has 0 atom stereocenters. The molecule has 7 nitrogen and oxygen atoms in total. The predicted molar refractivity (Wildman–Crippen MR) is 116 cm³/mol. The average Bonchev–Trinajstić information content (AvgIpc) is 3.37. The number of halogens is 1. The van der Waals surface area contributed by atoms with E-state index in [2.05, 4.69) is 20.8 Å². The van der Waals surface area contributed by atoms with E-state index in [-0.39, 0.29) is 5.11 Å². The van der Waals surface area contributed by atoms with Crippen molar-refractivity contribution in [3.05, 3.63) is 77.7 Å². The minimum Gasteiger partial charge on any atom is -0.465 e. The monoisotopic (exact) mass is 423 g/mol. The Morgan fingerprint density at radius 1 is 1.10 bits per heavy atom. The van der Waals surface area contributed by atoms with Gasteiger partial charge in [0.15, 0.2) is 5.11 Å². The first-order valence-corrected chi connectivity index (χ1v) is 9.33. The molecule has 144 valence electrons. The van der Waals surface area contributed by atoms with Gasteiger partial charge in [0.05, 0.1) is 22.7 Å². The number of carbonyl (C=O) groups excluding carboxylic acids is 1. The van der Waals surface area contributed by atoms with Crippen LogP contribution >= 0.6 is 23.8 Å². The highest BCUT2D eigenvalue weighted by Gasteiger charge is 2.11. The Kier molecular flexibility index (Phi) is 5.37. The van der Waals surface area contributed by atoms with E-state index >= 15 is 0 Å². The number of anilines is 1. The van der Waals surface area contributed by atoms with Crippen LogP contribution in [0.4, 0.5) is 5.69 Å². The van der Waals surface area contributed by atoms with Crippen LogP contribution in [0.2, 0.25) is 5.02 Å². The summed E-state index contributed by atoms with van der Waals surface area (Å²) in [6.45, 7) is 0. The quantitative estimate of drug-likeness (QED) is 0.378. The van der Waals surface area contributed by atoms with Crippen LogP contribution in [-0.4, -0.2) is 26.0 Å². The van der Waals surface area contributed by atoms with Crippen LogP contribution in [0, 0.1) is 0 Å². The second-order valence-corrected chi connectivity index (χ2v) is 6.75. The fraction of sp³-hybridized carbons (Fsp3) is 0. The van der Waals surface area contributed by atoms with Crippen molar-refractivity contribution in [1.82, 2.24) is 20.3 Å². The van der Waals surface area contributed by atoms with E-state index in [1.54, 1.807) is 30.3 Å². The van der Waals surface area contributed by atoms with Crippen molar-refractivity contribution in [1.29, 1.82) is 0 Å². The standard InChI is InChI=1S/C20H14ClN5O2S/c21-15-11-17-18(25-26(24-17)13-5-2-1-3-6-13)12-16(15)22-20(29)23-19(27)9-8-14-7-4-10-28-14/h1-12H,(H2,22,23,27,29)/b9-8+. The van der Waals surface area contributed by atoms with E-state index in [1.807, 2.05) is 30.3 Å². The summed E-state index contributed by atoms with van der Waals surface area (Å²) in [4.78, 5) is 13.5. The minimum absolute atomic E-state index is 0.107. The Morgan fingerprint density at radius 3 is 2.59 bits per heavy atom. The number of carbonyl (C=O) groups is 1. The molecule has 9 heteroatoms. The first kappa shape index (κ1) is 18.9. The first-order chi connectivity index (χ1) is 14.1. The van der Waals surface area contributed by atoms with Crippen molar-refractivity contribution >= 4 is 57.6 Å². The highest BCUT2D eigenvalue weighted by atomic mass is 35.5. The van der Waals surface area contributed by atoms with Crippen molar-refractivity contribution in [2.75, 3.05) is 5.32 Å². The molecule has 29 heavy (non-hydrogen) atoms. The van der Waals surface area contributed by atoms with Crippen LogP contribution in [0.5, 0.6) is 0 Å². The molecule has 4 rings (SSSR count). The lowest BCUT2D eigenvalue weighted by Gasteiger charge is -2.09. The highest BCUT2D eigenvalue weighted by Crippen LogP contribution is 2.27. The molecule has 2 N–H and O–H groups in total. The summed E-state index contributed by atoms with van der Waals surface area (Å²) in [5.74, 6) is 0.167. The molecule has 0 spiro atoms. The van der Waals surface area contributed by atoms with E-state index in [1.165, 1.54) is 17.1 Å². The first-order valence-electron chi connectivity index (χ1n) is 8.54. The summed E-state index contributed by atoms with van der Waals surface area (Å²) in [5, 5.41) is 14.9. The third-order valence-corrected chi connectivity index (χ3v) is 4.40. The zero-order valence-corrected chi connectivity index (χ0v) is 16.4. The molecule has 2 aromatic heterocycles. The van der Waals surface area contributed by atoms with Gasteiger partial charge in [-0.1, -0.05) is 29.8 Å². The second-order valence-electron chi connectivity index (χ2n) is 5.94. The highest BCUT2D eigenvalue weighted by molar-refractivity contribution is 7.80. The molecular formula is C20H14ClN5O2S. The molecule has 0 fully saturated rings. The number of benzene rings is 2. The zero-order chi connectivity index (χ0) is 20.2. The van der Waals surface area contributed by atoms with E-state index in [0.29, 0.717) is 27.5 Å². The predicted octanol–water partition coefficient (Wildman–Crippen LogP) is 4.19. The van der Waals surface area contributed by atoms with Gasteiger partial charge in [-0.05, 0) is 54.7 Å². The van der Waals surface area contributed by atoms with Gasteiger partial charge < -0.3 is 9.73 Å². The number of hydrogen-bond donors (Lipinski definition) is 2. The van der Waals surface area contributed by atoms with Crippen LogP contribution in [-0.2, 0) is 4.79 Å². The maximum absolute atomic E-state index is 12.0. The molecule has 0 bridgehead atoms. The topological polar surface area (TPSA) is 85.0 Å². The molecular weight excluding hydrogens is 410 g/mol. The van der Waals surface area contributed by atoms with E-state index in [0.717, 1.165) is 5.69 Å². The molecule has 0 saturated carbocycles. The number of aromatic nitrogens is 3. The van der Waals surface area contributed by atoms with Crippen LogP contribution in [0.15, 0.2) is 71.4 Å². The number of rotatable bonds is 4. The van der Waals surface area contributed by atoms with Crippen molar-refractivity contribution in [2.24, 2.45) is 0 Å². The number of fused-ring (bicyclic) bond motifs is 1. The Bertz CT molecular complexity index is 1200. The van der Waals surface area contributed by atoms with Crippen molar-refractivity contribution < 1.29 is 9.21 Å². The molecule has 0 saturated heterocycles. The minimum atomic E-state index is -0.397. The zero-order valence-electron chi connectivity index (χ0n) is 14.9. The molecule has 0 aliphatic heterocycles. The maximum Gasteiger partial charge on any atom is 0.250 e. The summed E-state index contributed by atoms with van der Waals surface area (Å²) in [6.07, 6.45) is 4.39. The fourth-order valence-corrected chi connectivity index (χ4v) is 2.98. The number of para-hydroxylation sites is 1. The summed E-state index contributed by atoms with van der Waals surface area (Å²) < 4.78 is 5.13. The van der Waals surface area contributed by atoms with E-state index < -0.39 is 5.91 Å². The molecule has 0 unspecified atom stereocenters. The van der Waals surface area contributed by atoms with Crippen molar-refractivity contribution in [3.63, 3.8) is 0 Å². The van der Waals surface area contributed by atoms with Gasteiger partial charge in [-0.2, -0.15) is 4.80 Å². The molecule has 0 radical (unpaired) electrons. The van der Waals surface area contributed by atoms with Crippen molar-refractivity contribution in [3.8, 4) is 5.69 Å². The van der Waals surface area contributed by atoms with Gasteiger partial charge in [0.2, 0.25) is 5.91 Å². The maximum atomic E-state index is 12.0. The van der Waals surface area contributed by atoms with Crippen LogP contribution < -0.4 is 10.6 Å². The average molecular weight is 424 g/mol. The summed E-state index contributed by atoms with van der Waals surface area (Å²) in [7, 11) is 0. The lowest BCUT2D eigenvalue weighted by molar-refractivity contribution is -0.115. The van der Waals surface area contributed by atoms with Gasteiger partial charge in [0.1, 0.15) is 16.8 Å². The van der Waals surface area contributed by atoms with E-state index in [9.17, 15) is 4.79 Å². The molecule has 0 aliphatic carbocycles. The Hall–Kier alpha value is -3.49. The fourth-order valence-electron chi connectivity index (χ4n) is 2.56.